The first-order chi connectivity index (χ1) is 22.7. The van der Waals surface area contributed by atoms with Gasteiger partial charge in [0.15, 0.2) is 0 Å². The second kappa shape index (κ2) is 10.4. The molecule has 0 aliphatic carbocycles. The molecule has 0 fully saturated rings. The minimum atomic E-state index is -4.97. The molecule has 0 aliphatic heterocycles. The number of alkyl halides is 3. The van der Waals surface area contributed by atoms with E-state index in [-0.39, 0.29) is 34.5 Å². The maximum absolute atomic E-state index is 13.9. The number of anilines is 3. The molecule has 2 N–H and O–H groups in total. The molecule has 0 radical (unpaired) electrons. The first-order valence-corrected chi connectivity index (χ1v) is 11.0. The number of carbonyl (C=O) groups excluding carboxylic acids is 1. The molecule has 0 bridgehead atoms. The van der Waals surface area contributed by atoms with Gasteiger partial charge in [0.25, 0.3) is 5.91 Å². The number of pyridine rings is 1. The third kappa shape index (κ3) is 5.93. The largest absolute Gasteiger partial charge is 0.416 e. The van der Waals surface area contributed by atoms with Gasteiger partial charge in [-0.15, -0.1) is 0 Å². The monoisotopic (exact) mass is 539 g/mol. The second-order valence-electron chi connectivity index (χ2n) is 7.99. The van der Waals surface area contributed by atoms with Crippen LogP contribution in [-0.2, 0) is 6.18 Å². The van der Waals surface area contributed by atoms with Crippen LogP contribution in [0.15, 0.2) is 85.6 Å². The number of aryl methyl sites for hydroxylation is 2. The van der Waals surface area contributed by atoms with Gasteiger partial charge in [-0.2, -0.15) is 13.2 Å². The average molecular weight is 540 g/mol. The third-order valence-electron chi connectivity index (χ3n) is 5.26. The van der Waals surface area contributed by atoms with Gasteiger partial charge in [0, 0.05) is 61.2 Å². The Balaban J connectivity index is 1.54. The molecule has 8 nitrogen and oxygen atoms in total. The van der Waals surface area contributed by atoms with Gasteiger partial charge < -0.3 is 15.2 Å². The van der Waals surface area contributed by atoms with Crippen LogP contribution in [0.4, 0.5) is 30.5 Å². The zero-order valence-electron chi connectivity index (χ0n) is 29.6. The lowest BCUT2D eigenvalue weighted by Crippen LogP contribution is -2.14. The minimum absolute atomic E-state index is 0.0100. The SMILES string of the molecule is [2H]c1nc(Nc2cc(C(=O)Nc3cc(-n4c([2H])nc(C([2H])([2H])[2H])c4[2H])cc(C(F)(F)F)c3)ccc2C([2H])([2H])[2H])nc(-c2cccnc2)c1[2H]. The molecule has 2 aromatic carbocycles. The van der Waals surface area contributed by atoms with Crippen LogP contribution >= 0.6 is 0 Å². The Kier molecular flexibility index (Phi) is 4.26. The molecule has 3 heterocycles. The summed E-state index contributed by atoms with van der Waals surface area (Å²) in [4.78, 5) is 29.0. The van der Waals surface area contributed by atoms with Crippen molar-refractivity contribution in [2.45, 2.75) is 19.9 Å². The molecule has 0 spiro atoms. The normalized spacial score (nSPS) is 15.7. The van der Waals surface area contributed by atoms with Gasteiger partial charge in [0.05, 0.1) is 27.4 Å². The van der Waals surface area contributed by atoms with Gasteiger partial charge in [-0.05, 0) is 67.8 Å². The molecule has 5 rings (SSSR count). The summed E-state index contributed by atoms with van der Waals surface area (Å²) >= 11 is 0. The van der Waals surface area contributed by atoms with Crippen molar-refractivity contribution in [1.82, 2.24) is 24.5 Å². The molecule has 0 atom stereocenters. The van der Waals surface area contributed by atoms with Gasteiger partial charge in [0.2, 0.25) is 5.95 Å². The summed E-state index contributed by atoms with van der Waals surface area (Å²) in [7, 11) is 0. The average Bonchev–Trinajstić information content (AvgIpc) is 3.32. The Labute approximate surface area is 235 Å². The zero-order chi connectivity index (χ0) is 36.1. The highest BCUT2D eigenvalue weighted by atomic mass is 19.4. The summed E-state index contributed by atoms with van der Waals surface area (Å²) in [6.45, 7) is -5.67. The van der Waals surface area contributed by atoms with Gasteiger partial charge >= 0.3 is 6.18 Å². The van der Waals surface area contributed by atoms with E-state index in [1.807, 2.05) is 0 Å². The number of nitrogens with one attached hydrogen (secondary N) is 2. The van der Waals surface area contributed by atoms with Crippen molar-refractivity contribution in [1.29, 1.82) is 0 Å². The standard InChI is InChI=1S/C28H22F3N7O/c1-17-5-6-19(10-25(17)37-27-33-9-7-24(36-27)20-4-3-8-32-14-20)26(39)35-22-11-21(28(29,30)31)12-23(13-22)38-15-18(2)34-16-38/h3-16H,1-2H3,(H,35,39)(H,33,36,37)/i1D3,2D3,7D,9D,15D,16D. The summed E-state index contributed by atoms with van der Waals surface area (Å²) in [5.41, 5.74) is -3.40. The number of benzene rings is 2. The van der Waals surface area contributed by atoms with Crippen LogP contribution in [0.25, 0.3) is 16.9 Å². The van der Waals surface area contributed by atoms with Crippen molar-refractivity contribution in [3.63, 3.8) is 0 Å². The molecule has 5 aromatic rings. The van der Waals surface area contributed by atoms with E-state index >= 15 is 0 Å². The summed E-state index contributed by atoms with van der Waals surface area (Å²) < 4.78 is 121. The van der Waals surface area contributed by atoms with E-state index in [0.717, 1.165) is 24.3 Å². The molecule has 0 saturated heterocycles. The lowest BCUT2D eigenvalue weighted by Gasteiger charge is -2.14. The highest BCUT2D eigenvalue weighted by molar-refractivity contribution is 6.05. The summed E-state index contributed by atoms with van der Waals surface area (Å²) in [5.74, 6) is -1.30. The molecule has 3 aromatic heterocycles. The van der Waals surface area contributed by atoms with Gasteiger partial charge in [-0.25, -0.2) is 15.0 Å². The van der Waals surface area contributed by atoms with Crippen LogP contribution in [0.2, 0.25) is 0 Å². The number of aromatic nitrogens is 5. The van der Waals surface area contributed by atoms with E-state index in [9.17, 15) is 18.0 Å². The fraction of sp³-hybridized carbons (Fsp3) is 0.107. The smallest absolute Gasteiger partial charge is 0.324 e. The van der Waals surface area contributed by atoms with Crippen molar-refractivity contribution >= 4 is 23.2 Å². The van der Waals surface area contributed by atoms with E-state index in [4.69, 9.17) is 13.7 Å². The van der Waals surface area contributed by atoms with Crippen molar-refractivity contribution < 1.29 is 31.7 Å². The predicted molar refractivity (Wildman–Crippen MR) is 141 cm³/mol. The number of halogens is 3. The molecule has 1 amide bonds. The molecular weight excluding hydrogens is 507 g/mol. The molecular formula is C28H22F3N7O. The fourth-order valence-electron chi connectivity index (χ4n) is 3.46. The second-order valence-corrected chi connectivity index (χ2v) is 7.99. The van der Waals surface area contributed by atoms with Crippen molar-refractivity contribution in [2.24, 2.45) is 0 Å². The Bertz CT molecular complexity index is 2070. The number of hydrogen-bond donors (Lipinski definition) is 2. The van der Waals surface area contributed by atoms with Crippen LogP contribution in [0.3, 0.4) is 0 Å². The van der Waals surface area contributed by atoms with Gasteiger partial charge in [-0.1, -0.05) is 6.07 Å². The predicted octanol–water partition coefficient (Wildman–Crippen LogP) is 6.36. The Hall–Kier alpha value is -5.06. The van der Waals surface area contributed by atoms with Gasteiger partial charge in [0.1, 0.15) is 1.37 Å². The lowest BCUT2D eigenvalue weighted by atomic mass is 10.1. The first kappa shape index (κ1) is 16.0. The zero-order valence-corrected chi connectivity index (χ0v) is 19.6. The number of rotatable bonds is 6. The third-order valence-corrected chi connectivity index (χ3v) is 5.26. The maximum Gasteiger partial charge on any atom is 0.416 e. The molecule has 11 heteroatoms. The maximum atomic E-state index is 13.9. The van der Waals surface area contributed by atoms with Crippen LogP contribution in [0.1, 0.15) is 40.9 Å². The Morgan fingerprint density at radius 1 is 1.10 bits per heavy atom. The van der Waals surface area contributed by atoms with E-state index in [1.54, 1.807) is 12.1 Å². The minimum Gasteiger partial charge on any atom is -0.324 e. The quantitative estimate of drug-likeness (QED) is 0.261. The van der Waals surface area contributed by atoms with Crippen LogP contribution in [0.5, 0.6) is 0 Å². The number of carbonyl (C=O) groups is 1. The summed E-state index contributed by atoms with van der Waals surface area (Å²) in [6.07, 6.45) is -4.26. The topological polar surface area (TPSA) is 97.6 Å². The van der Waals surface area contributed by atoms with Crippen LogP contribution in [0, 0.1) is 13.7 Å². The highest BCUT2D eigenvalue weighted by Gasteiger charge is 2.31. The Morgan fingerprint density at radius 3 is 2.74 bits per heavy atom. The molecule has 196 valence electrons. The van der Waals surface area contributed by atoms with E-state index in [1.165, 1.54) is 12.4 Å². The lowest BCUT2D eigenvalue weighted by molar-refractivity contribution is -0.137. The fourth-order valence-corrected chi connectivity index (χ4v) is 3.46. The number of hydrogen-bond acceptors (Lipinski definition) is 6. The van der Waals surface area contributed by atoms with Crippen molar-refractivity contribution in [3.05, 3.63) is 108 Å². The van der Waals surface area contributed by atoms with Crippen molar-refractivity contribution in [3.8, 4) is 16.9 Å². The number of nitrogens with zero attached hydrogens (tertiary/aromatic N) is 5. The van der Waals surface area contributed by atoms with E-state index in [0.29, 0.717) is 22.3 Å². The summed E-state index contributed by atoms with van der Waals surface area (Å²) in [6, 6.07) is 8.25. The van der Waals surface area contributed by atoms with E-state index < -0.39 is 67.1 Å². The van der Waals surface area contributed by atoms with E-state index in [2.05, 4.69) is 30.6 Å². The summed E-state index contributed by atoms with van der Waals surface area (Å²) in [5, 5.41) is 4.96. The molecule has 39 heavy (non-hydrogen) atoms. The molecule has 0 unspecified atom stereocenters. The Morgan fingerprint density at radius 2 is 2.00 bits per heavy atom. The highest BCUT2D eigenvalue weighted by Crippen LogP contribution is 2.33. The van der Waals surface area contributed by atoms with Crippen LogP contribution < -0.4 is 10.6 Å². The van der Waals surface area contributed by atoms with Crippen molar-refractivity contribution in [2.75, 3.05) is 10.6 Å². The molecule has 0 aliphatic rings. The molecule has 0 saturated carbocycles. The van der Waals surface area contributed by atoms with Crippen LogP contribution in [-0.4, -0.2) is 30.4 Å². The first-order valence-electron chi connectivity index (χ1n) is 16.0. The van der Waals surface area contributed by atoms with Gasteiger partial charge in [-0.3, -0.25) is 9.78 Å². The number of amides is 1. The number of imidazole rings is 1.